The number of benzene rings is 1. The third-order valence-corrected chi connectivity index (χ3v) is 4.87. The van der Waals surface area contributed by atoms with Gasteiger partial charge in [-0.15, -0.1) is 24.0 Å². The van der Waals surface area contributed by atoms with E-state index in [2.05, 4.69) is 49.2 Å². The number of rotatable bonds is 9. The zero-order chi connectivity index (χ0) is 19.5. The predicted molar refractivity (Wildman–Crippen MR) is 128 cm³/mol. The van der Waals surface area contributed by atoms with Crippen LogP contribution in [0.5, 0.6) is 0 Å². The van der Waals surface area contributed by atoms with Crippen molar-refractivity contribution in [2.75, 3.05) is 46.5 Å². The first-order valence-electron chi connectivity index (χ1n) is 10.3. The van der Waals surface area contributed by atoms with Gasteiger partial charge in [-0.05, 0) is 52.0 Å². The molecule has 1 aliphatic heterocycles. The third-order valence-electron chi connectivity index (χ3n) is 4.87. The summed E-state index contributed by atoms with van der Waals surface area (Å²) >= 11 is 0. The highest BCUT2D eigenvalue weighted by atomic mass is 127. The summed E-state index contributed by atoms with van der Waals surface area (Å²) in [6.07, 6.45) is 4.45. The maximum Gasteiger partial charge on any atom is 0.193 e. The number of ether oxygens (including phenoxy) is 2. The molecule has 0 radical (unpaired) electrons. The van der Waals surface area contributed by atoms with E-state index in [0.717, 1.165) is 71.0 Å². The van der Waals surface area contributed by atoms with E-state index in [1.165, 1.54) is 16.7 Å². The summed E-state index contributed by atoms with van der Waals surface area (Å²) in [7, 11) is 1.74. The van der Waals surface area contributed by atoms with Crippen LogP contribution in [0, 0.1) is 13.8 Å². The van der Waals surface area contributed by atoms with Crippen LogP contribution in [-0.4, -0.2) is 63.5 Å². The van der Waals surface area contributed by atoms with Gasteiger partial charge in [-0.25, -0.2) is 0 Å². The standard InChI is InChI=1S/C22H37N3O2.HI/c1-5-23-22(24-10-7-20-16-18(2)15-19(3)17-20)25-11-8-21(9-12-25)27-14-6-13-26-4;/h15-17,21H,5-14H2,1-4H3,(H,23,24);1H. The molecule has 1 N–H and O–H groups in total. The maximum absolute atomic E-state index is 5.97. The first kappa shape index (κ1) is 25.2. The topological polar surface area (TPSA) is 46.1 Å². The van der Waals surface area contributed by atoms with Crippen LogP contribution in [0.25, 0.3) is 0 Å². The Kier molecular flexibility index (Phi) is 12.7. The van der Waals surface area contributed by atoms with Gasteiger partial charge in [0.05, 0.1) is 6.10 Å². The van der Waals surface area contributed by atoms with E-state index in [1.54, 1.807) is 7.11 Å². The van der Waals surface area contributed by atoms with E-state index in [9.17, 15) is 0 Å². The van der Waals surface area contributed by atoms with Crippen molar-refractivity contribution >= 4 is 29.9 Å². The molecule has 1 aromatic rings. The smallest absolute Gasteiger partial charge is 0.193 e. The highest BCUT2D eigenvalue weighted by Gasteiger charge is 2.21. The normalized spacial score (nSPS) is 15.4. The first-order chi connectivity index (χ1) is 13.1. The Labute approximate surface area is 188 Å². The molecule has 0 saturated carbocycles. The molecule has 0 atom stereocenters. The number of likely N-dealkylation sites (tertiary alicyclic amines) is 1. The average molecular weight is 503 g/mol. The number of aliphatic imine (C=N–C) groups is 1. The second kappa shape index (κ2) is 14.2. The van der Waals surface area contributed by atoms with Crippen LogP contribution >= 0.6 is 24.0 Å². The van der Waals surface area contributed by atoms with Gasteiger partial charge in [-0.1, -0.05) is 29.3 Å². The van der Waals surface area contributed by atoms with Gasteiger partial charge in [0.1, 0.15) is 0 Å². The van der Waals surface area contributed by atoms with E-state index >= 15 is 0 Å². The summed E-state index contributed by atoms with van der Waals surface area (Å²) in [5, 5.41) is 3.45. The van der Waals surface area contributed by atoms with Crippen molar-refractivity contribution in [2.45, 2.75) is 52.6 Å². The van der Waals surface area contributed by atoms with Gasteiger partial charge in [-0.3, -0.25) is 4.99 Å². The molecule has 1 aliphatic rings. The molecule has 1 heterocycles. The van der Waals surface area contributed by atoms with Crippen molar-refractivity contribution < 1.29 is 9.47 Å². The number of nitrogens with zero attached hydrogens (tertiary/aromatic N) is 2. The zero-order valence-electron chi connectivity index (χ0n) is 18.0. The number of piperidine rings is 1. The van der Waals surface area contributed by atoms with Gasteiger partial charge in [0.15, 0.2) is 5.96 Å². The molecule has 6 heteroatoms. The Morgan fingerprint density at radius 3 is 2.43 bits per heavy atom. The van der Waals surface area contributed by atoms with Gasteiger partial charge < -0.3 is 19.7 Å². The number of hydrogen-bond donors (Lipinski definition) is 1. The Morgan fingerprint density at radius 2 is 1.82 bits per heavy atom. The Hall–Kier alpha value is -0.860. The van der Waals surface area contributed by atoms with Gasteiger partial charge in [-0.2, -0.15) is 0 Å². The summed E-state index contributed by atoms with van der Waals surface area (Å²) in [6.45, 7) is 11.7. The predicted octanol–water partition coefficient (Wildman–Crippen LogP) is 3.95. The van der Waals surface area contributed by atoms with Crippen molar-refractivity contribution in [3.05, 3.63) is 34.9 Å². The fraction of sp³-hybridized carbons (Fsp3) is 0.682. The van der Waals surface area contributed by atoms with Crippen LogP contribution in [0.2, 0.25) is 0 Å². The molecule has 0 spiro atoms. The molecule has 1 fully saturated rings. The monoisotopic (exact) mass is 503 g/mol. The number of guanidine groups is 1. The fourth-order valence-electron chi connectivity index (χ4n) is 3.62. The lowest BCUT2D eigenvalue weighted by Gasteiger charge is -2.34. The molecule has 28 heavy (non-hydrogen) atoms. The lowest BCUT2D eigenvalue weighted by molar-refractivity contribution is 0.00991. The number of hydrogen-bond acceptors (Lipinski definition) is 3. The summed E-state index contributed by atoms with van der Waals surface area (Å²) < 4.78 is 11.0. The SMILES string of the molecule is CCNC(=NCCc1cc(C)cc(C)c1)N1CCC(OCCCOC)CC1.I. The molecular formula is C22H38IN3O2. The van der Waals surface area contributed by atoms with Crippen LogP contribution in [0.15, 0.2) is 23.2 Å². The van der Waals surface area contributed by atoms with Crippen LogP contribution in [0.1, 0.15) is 42.9 Å². The van der Waals surface area contributed by atoms with Gasteiger partial charge >= 0.3 is 0 Å². The maximum atomic E-state index is 5.97. The van der Waals surface area contributed by atoms with Crippen molar-refractivity contribution in [1.82, 2.24) is 10.2 Å². The van der Waals surface area contributed by atoms with Crippen LogP contribution in [0.4, 0.5) is 0 Å². The lowest BCUT2D eigenvalue weighted by Crippen LogP contribution is -2.47. The van der Waals surface area contributed by atoms with Crippen molar-refractivity contribution in [3.63, 3.8) is 0 Å². The van der Waals surface area contributed by atoms with Crippen LogP contribution < -0.4 is 5.32 Å². The number of aryl methyl sites for hydroxylation is 2. The van der Waals surface area contributed by atoms with Crippen LogP contribution in [0.3, 0.4) is 0 Å². The van der Waals surface area contributed by atoms with Crippen molar-refractivity contribution in [3.8, 4) is 0 Å². The second-order valence-electron chi connectivity index (χ2n) is 7.39. The molecule has 0 aromatic heterocycles. The minimum absolute atomic E-state index is 0. The summed E-state index contributed by atoms with van der Waals surface area (Å²) in [4.78, 5) is 7.25. The molecule has 1 aromatic carbocycles. The minimum atomic E-state index is 0. The summed E-state index contributed by atoms with van der Waals surface area (Å²) in [5.74, 6) is 1.04. The molecule has 5 nitrogen and oxygen atoms in total. The third kappa shape index (κ3) is 9.09. The zero-order valence-corrected chi connectivity index (χ0v) is 20.3. The number of halogens is 1. The fourth-order valence-corrected chi connectivity index (χ4v) is 3.62. The molecule has 0 bridgehead atoms. The lowest BCUT2D eigenvalue weighted by atomic mass is 10.1. The molecule has 2 rings (SSSR count). The Bertz CT molecular complexity index is 567. The Balaban J connectivity index is 0.00000392. The van der Waals surface area contributed by atoms with E-state index in [4.69, 9.17) is 14.5 Å². The summed E-state index contributed by atoms with van der Waals surface area (Å²) in [6, 6.07) is 6.75. The molecule has 0 unspecified atom stereocenters. The Morgan fingerprint density at radius 1 is 1.14 bits per heavy atom. The van der Waals surface area contributed by atoms with Gasteiger partial charge in [0.2, 0.25) is 0 Å². The second-order valence-corrected chi connectivity index (χ2v) is 7.39. The number of nitrogens with one attached hydrogen (secondary N) is 1. The van der Waals surface area contributed by atoms with E-state index in [-0.39, 0.29) is 24.0 Å². The van der Waals surface area contributed by atoms with E-state index < -0.39 is 0 Å². The largest absolute Gasteiger partial charge is 0.385 e. The molecule has 0 amide bonds. The molecule has 1 saturated heterocycles. The van der Waals surface area contributed by atoms with Crippen LogP contribution in [-0.2, 0) is 15.9 Å². The quantitative estimate of drug-likeness (QED) is 0.240. The molecule has 160 valence electrons. The summed E-state index contributed by atoms with van der Waals surface area (Å²) in [5.41, 5.74) is 4.03. The van der Waals surface area contributed by atoms with Crippen molar-refractivity contribution in [2.24, 2.45) is 4.99 Å². The first-order valence-corrected chi connectivity index (χ1v) is 10.3. The average Bonchev–Trinajstić information content (AvgIpc) is 2.64. The van der Waals surface area contributed by atoms with E-state index in [0.29, 0.717) is 6.10 Å². The van der Waals surface area contributed by atoms with Crippen molar-refractivity contribution in [1.29, 1.82) is 0 Å². The number of methoxy groups -OCH3 is 1. The molecular weight excluding hydrogens is 465 g/mol. The van der Waals surface area contributed by atoms with Gasteiger partial charge in [0, 0.05) is 46.5 Å². The highest BCUT2D eigenvalue weighted by Crippen LogP contribution is 2.15. The van der Waals surface area contributed by atoms with E-state index in [1.807, 2.05) is 0 Å². The molecule has 0 aliphatic carbocycles. The highest BCUT2D eigenvalue weighted by molar-refractivity contribution is 14.0. The van der Waals surface area contributed by atoms with Gasteiger partial charge in [0.25, 0.3) is 0 Å². The minimum Gasteiger partial charge on any atom is -0.385 e.